The molecule has 0 spiro atoms. The Morgan fingerprint density at radius 2 is 1.78 bits per heavy atom. The number of carbonyl (C=O) groups is 2. The lowest BCUT2D eigenvalue weighted by Gasteiger charge is -2.18. The molecule has 5 rings (SSSR count). The van der Waals surface area contributed by atoms with Crippen LogP contribution in [0.2, 0.25) is 0 Å². The highest BCUT2D eigenvalue weighted by atomic mass is 16.5. The number of hydrogen-bond acceptors (Lipinski definition) is 9. The van der Waals surface area contributed by atoms with Gasteiger partial charge >= 0.3 is 0 Å². The fraction of sp³-hybridized carbons (Fsp3) is 0.188. The summed E-state index contributed by atoms with van der Waals surface area (Å²) in [6.07, 6.45) is 5.38. The van der Waals surface area contributed by atoms with Crippen LogP contribution in [0.15, 0.2) is 79.2 Å². The van der Waals surface area contributed by atoms with E-state index in [9.17, 15) is 9.59 Å². The molecular weight excluding hydrogens is 520 g/mol. The highest BCUT2D eigenvalue weighted by molar-refractivity contribution is 6.34. The number of methoxy groups -OCH3 is 2. The van der Waals surface area contributed by atoms with Crippen LogP contribution in [-0.2, 0) is 20.9 Å². The second kappa shape index (κ2) is 12.4. The largest absolute Gasteiger partial charge is 0.493 e. The molecule has 0 atom stereocenters. The Kier molecular flexibility index (Phi) is 8.36. The van der Waals surface area contributed by atoms with Gasteiger partial charge in [0.2, 0.25) is 0 Å². The predicted octanol–water partition coefficient (Wildman–Crippen LogP) is 5.42. The van der Waals surface area contributed by atoms with Gasteiger partial charge in [-0.15, -0.1) is 0 Å². The van der Waals surface area contributed by atoms with Crippen LogP contribution in [-0.4, -0.2) is 49.0 Å². The number of nitrogens with one attached hydrogen (secondary N) is 2. The minimum Gasteiger partial charge on any atom is -0.493 e. The van der Waals surface area contributed by atoms with Gasteiger partial charge in [0.1, 0.15) is 18.8 Å². The first-order valence-electron chi connectivity index (χ1n) is 13.1. The predicted molar refractivity (Wildman–Crippen MR) is 159 cm³/mol. The molecule has 1 aliphatic carbocycles. The Balaban J connectivity index is 1.51. The van der Waals surface area contributed by atoms with Gasteiger partial charge in [-0.25, -0.2) is 9.97 Å². The summed E-state index contributed by atoms with van der Waals surface area (Å²) >= 11 is 0. The van der Waals surface area contributed by atoms with Crippen molar-refractivity contribution in [2.24, 2.45) is 0 Å². The third-order valence-electron chi connectivity index (χ3n) is 6.56. The molecule has 4 aromatic rings. The van der Waals surface area contributed by atoms with E-state index in [-0.39, 0.29) is 11.6 Å². The Bertz CT molecular complexity index is 1680. The number of allylic oxidation sites excluding steroid dienone is 4. The van der Waals surface area contributed by atoms with Gasteiger partial charge in [0.05, 0.1) is 19.2 Å². The number of aryl methyl sites for hydroxylation is 1. The molecule has 208 valence electrons. The van der Waals surface area contributed by atoms with Crippen LogP contribution >= 0.6 is 0 Å². The fourth-order valence-electron chi connectivity index (χ4n) is 4.53. The summed E-state index contributed by atoms with van der Waals surface area (Å²) in [5, 5.41) is 7.47. The van der Waals surface area contributed by atoms with Gasteiger partial charge in [-0.1, -0.05) is 29.8 Å². The molecule has 0 amide bonds. The number of carbonyl (C=O) groups excluding carboxylic acids is 2. The van der Waals surface area contributed by atoms with Crippen LogP contribution in [0, 0.1) is 6.92 Å². The molecule has 0 bridgehead atoms. The zero-order valence-electron chi connectivity index (χ0n) is 23.1. The monoisotopic (exact) mass is 550 g/mol. The van der Waals surface area contributed by atoms with Gasteiger partial charge < -0.3 is 24.8 Å². The zero-order chi connectivity index (χ0) is 28.8. The lowest BCUT2D eigenvalue weighted by atomic mass is 9.94. The molecule has 2 N–H and O–H groups in total. The molecule has 3 aromatic carbocycles. The minimum atomic E-state index is -0.254. The van der Waals surface area contributed by atoms with E-state index < -0.39 is 0 Å². The van der Waals surface area contributed by atoms with Crippen LogP contribution in [0.1, 0.15) is 16.7 Å². The van der Waals surface area contributed by atoms with Crippen molar-refractivity contribution in [2.75, 3.05) is 38.1 Å². The van der Waals surface area contributed by atoms with E-state index in [1.165, 1.54) is 30.1 Å². The lowest BCUT2D eigenvalue weighted by molar-refractivity contribution is -0.113. The average molecular weight is 551 g/mol. The quantitative estimate of drug-likeness (QED) is 0.187. The fourth-order valence-corrected chi connectivity index (χ4v) is 4.53. The number of anilines is 3. The summed E-state index contributed by atoms with van der Waals surface area (Å²) in [5.41, 5.74) is 5.22. The van der Waals surface area contributed by atoms with Crippen LogP contribution in [0.3, 0.4) is 0 Å². The number of nitrogens with zero attached hydrogens (tertiary/aromatic N) is 2. The summed E-state index contributed by atoms with van der Waals surface area (Å²) in [7, 11) is 3.17. The SMILES string of the molecule is COCCOc1cc2ncnc(Nc3ccc(NCc4cccc(C)c4)cc3C3=CC(=O)C=CC3=O)c2cc1OC. The van der Waals surface area contributed by atoms with Crippen molar-refractivity contribution in [3.63, 3.8) is 0 Å². The number of ketones is 2. The number of benzene rings is 3. The van der Waals surface area contributed by atoms with Crippen molar-refractivity contribution in [2.45, 2.75) is 13.5 Å². The van der Waals surface area contributed by atoms with Gasteiger partial charge in [-0.2, -0.15) is 0 Å². The highest BCUT2D eigenvalue weighted by Crippen LogP contribution is 2.37. The van der Waals surface area contributed by atoms with E-state index >= 15 is 0 Å². The maximum atomic E-state index is 12.9. The molecule has 1 aliphatic rings. The number of ether oxygens (including phenoxy) is 3. The van der Waals surface area contributed by atoms with Gasteiger partial charge in [-0.05, 0) is 55.0 Å². The molecule has 0 radical (unpaired) electrons. The molecule has 41 heavy (non-hydrogen) atoms. The molecule has 9 nitrogen and oxygen atoms in total. The normalized spacial score (nSPS) is 12.8. The van der Waals surface area contributed by atoms with Crippen molar-refractivity contribution < 1.29 is 23.8 Å². The van der Waals surface area contributed by atoms with Crippen LogP contribution in [0.4, 0.5) is 17.2 Å². The number of fused-ring (bicyclic) bond motifs is 1. The molecule has 1 aromatic heterocycles. The Morgan fingerprint density at radius 3 is 2.59 bits per heavy atom. The molecule has 0 aliphatic heterocycles. The molecule has 0 saturated carbocycles. The van der Waals surface area contributed by atoms with Crippen molar-refractivity contribution in [1.29, 1.82) is 0 Å². The van der Waals surface area contributed by atoms with E-state index in [0.717, 1.165) is 11.3 Å². The molecular formula is C32H30N4O5. The second-order valence-corrected chi connectivity index (χ2v) is 9.47. The van der Waals surface area contributed by atoms with E-state index in [1.807, 2.05) is 24.3 Å². The Hall–Kier alpha value is -5.02. The number of aromatic nitrogens is 2. The van der Waals surface area contributed by atoms with Crippen molar-refractivity contribution in [1.82, 2.24) is 9.97 Å². The number of rotatable bonds is 11. The van der Waals surface area contributed by atoms with E-state index in [1.54, 1.807) is 26.4 Å². The molecule has 9 heteroatoms. The Labute approximate surface area is 237 Å². The van der Waals surface area contributed by atoms with E-state index in [2.05, 4.69) is 45.7 Å². The highest BCUT2D eigenvalue weighted by Gasteiger charge is 2.20. The Morgan fingerprint density at radius 1 is 0.902 bits per heavy atom. The topological polar surface area (TPSA) is 112 Å². The third-order valence-corrected chi connectivity index (χ3v) is 6.56. The summed E-state index contributed by atoms with van der Waals surface area (Å²) in [6, 6.07) is 17.5. The molecule has 1 heterocycles. The number of hydrogen-bond donors (Lipinski definition) is 2. The van der Waals surface area contributed by atoms with Gasteiger partial charge in [-0.3, -0.25) is 9.59 Å². The van der Waals surface area contributed by atoms with Crippen LogP contribution in [0.25, 0.3) is 16.5 Å². The minimum absolute atomic E-state index is 0.248. The van der Waals surface area contributed by atoms with Crippen molar-refractivity contribution in [3.05, 3.63) is 95.8 Å². The molecule has 0 fully saturated rings. The average Bonchev–Trinajstić information content (AvgIpc) is 2.98. The molecule has 0 unspecified atom stereocenters. The van der Waals surface area contributed by atoms with Crippen molar-refractivity contribution >= 4 is 45.2 Å². The smallest absolute Gasteiger partial charge is 0.186 e. The van der Waals surface area contributed by atoms with E-state index in [4.69, 9.17) is 14.2 Å². The summed E-state index contributed by atoms with van der Waals surface area (Å²) < 4.78 is 16.4. The van der Waals surface area contributed by atoms with Gasteiger partial charge in [0, 0.05) is 47.6 Å². The summed E-state index contributed by atoms with van der Waals surface area (Å²) in [5.74, 6) is 1.06. The first-order valence-corrected chi connectivity index (χ1v) is 13.1. The molecule has 0 saturated heterocycles. The van der Waals surface area contributed by atoms with Gasteiger partial charge in [0.15, 0.2) is 23.1 Å². The van der Waals surface area contributed by atoms with Gasteiger partial charge in [0.25, 0.3) is 0 Å². The maximum absolute atomic E-state index is 12.9. The van der Waals surface area contributed by atoms with Crippen molar-refractivity contribution in [3.8, 4) is 11.5 Å². The van der Waals surface area contributed by atoms with E-state index in [0.29, 0.717) is 64.8 Å². The summed E-state index contributed by atoms with van der Waals surface area (Å²) in [6.45, 7) is 3.45. The summed E-state index contributed by atoms with van der Waals surface area (Å²) in [4.78, 5) is 34.0. The zero-order valence-corrected chi connectivity index (χ0v) is 23.1. The second-order valence-electron chi connectivity index (χ2n) is 9.47. The standard InChI is InChI=1S/C32H30N4O5/c1-20-5-4-6-21(13-20)18-33-22-7-9-27(24(14-22)25-15-23(37)8-10-29(25)38)36-32-26-16-30(40-3)31(41-12-11-39-2)17-28(26)34-19-35-32/h4-10,13-17,19,33H,11-12,18H2,1-3H3,(H,34,35,36). The lowest BCUT2D eigenvalue weighted by Crippen LogP contribution is -2.10. The first-order chi connectivity index (χ1) is 19.9. The van der Waals surface area contributed by atoms with Crippen LogP contribution in [0.5, 0.6) is 11.5 Å². The first kappa shape index (κ1) is 27.5. The third kappa shape index (κ3) is 6.42. The maximum Gasteiger partial charge on any atom is 0.186 e. The van der Waals surface area contributed by atoms with Crippen LogP contribution < -0.4 is 20.1 Å².